The molecule has 0 aliphatic carbocycles. The van der Waals surface area contributed by atoms with Crippen LogP contribution in [0.4, 0.5) is 5.13 Å². The average molecular weight is 310 g/mol. The normalized spacial score (nSPS) is 12.2. The summed E-state index contributed by atoms with van der Waals surface area (Å²) in [5, 5.41) is 7.30. The maximum Gasteiger partial charge on any atom is 0.182 e. The van der Waals surface area contributed by atoms with Crippen LogP contribution >= 0.6 is 22.7 Å². The van der Waals surface area contributed by atoms with Gasteiger partial charge in [0.2, 0.25) is 0 Å². The van der Waals surface area contributed by atoms with Crippen molar-refractivity contribution in [3.63, 3.8) is 0 Å². The second-order valence-electron chi connectivity index (χ2n) is 6.06. The number of rotatable bonds is 4. The molecule has 6 heteroatoms. The SMILES string of the molecule is CNc1nc(-c2sc(CN(C)C)nc2C(C)(C)C)cs1. The lowest BCUT2D eigenvalue weighted by Crippen LogP contribution is -2.14. The Bertz CT molecular complexity index is 578. The van der Waals surface area contributed by atoms with Gasteiger partial charge in [-0.2, -0.15) is 0 Å². The topological polar surface area (TPSA) is 41.1 Å². The van der Waals surface area contributed by atoms with Crippen LogP contribution in [0.5, 0.6) is 0 Å². The van der Waals surface area contributed by atoms with E-state index in [1.54, 1.807) is 22.7 Å². The molecule has 0 radical (unpaired) electrons. The molecule has 0 aliphatic heterocycles. The average Bonchev–Trinajstić information content (AvgIpc) is 2.92. The van der Waals surface area contributed by atoms with Gasteiger partial charge in [0, 0.05) is 24.4 Å². The van der Waals surface area contributed by atoms with Crippen molar-refractivity contribution in [3.8, 4) is 10.6 Å². The van der Waals surface area contributed by atoms with Gasteiger partial charge in [-0.3, -0.25) is 0 Å². The summed E-state index contributed by atoms with van der Waals surface area (Å²) in [6.45, 7) is 7.49. The minimum atomic E-state index is 0.0276. The van der Waals surface area contributed by atoms with Gasteiger partial charge in [-0.25, -0.2) is 9.97 Å². The zero-order valence-corrected chi connectivity index (χ0v) is 14.6. The Kier molecular flexibility index (Phi) is 4.46. The fraction of sp³-hybridized carbons (Fsp3) is 0.571. The van der Waals surface area contributed by atoms with E-state index in [9.17, 15) is 0 Å². The van der Waals surface area contributed by atoms with Crippen molar-refractivity contribution in [1.29, 1.82) is 0 Å². The van der Waals surface area contributed by atoms with Gasteiger partial charge in [-0.05, 0) is 14.1 Å². The highest BCUT2D eigenvalue weighted by Gasteiger charge is 2.25. The second kappa shape index (κ2) is 5.79. The zero-order valence-electron chi connectivity index (χ0n) is 12.9. The number of aromatic nitrogens is 2. The van der Waals surface area contributed by atoms with Crippen LogP contribution in [0.3, 0.4) is 0 Å². The van der Waals surface area contributed by atoms with Crippen LogP contribution in [0.1, 0.15) is 31.5 Å². The summed E-state index contributed by atoms with van der Waals surface area (Å²) in [5.41, 5.74) is 2.21. The molecule has 4 nitrogen and oxygen atoms in total. The Hall–Kier alpha value is -0.980. The lowest BCUT2D eigenvalue weighted by atomic mass is 9.91. The number of nitrogens with one attached hydrogen (secondary N) is 1. The molecule has 20 heavy (non-hydrogen) atoms. The molecule has 2 aromatic heterocycles. The smallest absolute Gasteiger partial charge is 0.182 e. The fourth-order valence-corrected chi connectivity index (χ4v) is 3.97. The summed E-state index contributed by atoms with van der Waals surface area (Å²) in [7, 11) is 6.04. The van der Waals surface area contributed by atoms with Crippen LogP contribution in [-0.2, 0) is 12.0 Å². The van der Waals surface area contributed by atoms with Crippen LogP contribution in [0.15, 0.2) is 5.38 Å². The molecule has 0 aliphatic rings. The van der Waals surface area contributed by atoms with Crippen LogP contribution in [-0.4, -0.2) is 36.0 Å². The molecule has 0 fully saturated rings. The van der Waals surface area contributed by atoms with Gasteiger partial charge in [-0.1, -0.05) is 20.8 Å². The first-order valence-electron chi connectivity index (χ1n) is 6.60. The van der Waals surface area contributed by atoms with Gasteiger partial charge >= 0.3 is 0 Å². The highest BCUT2D eigenvalue weighted by Crippen LogP contribution is 2.38. The van der Waals surface area contributed by atoms with E-state index in [-0.39, 0.29) is 5.41 Å². The Morgan fingerprint density at radius 1 is 1.25 bits per heavy atom. The molecule has 2 aromatic rings. The summed E-state index contributed by atoms with van der Waals surface area (Å²) < 4.78 is 0. The first-order chi connectivity index (χ1) is 9.31. The van der Waals surface area contributed by atoms with Crippen molar-refractivity contribution >= 4 is 27.8 Å². The first-order valence-corrected chi connectivity index (χ1v) is 8.29. The minimum Gasteiger partial charge on any atom is -0.365 e. The lowest BCUT2D eigenvalue weighted by molar-refractivity contribution is 0.400. The standard InChI is InChI=1S/C14H22N4S2/c1-14(2,3)12-11(9-8-19-13(15-4)16-9)20-10(17-12)7-18(5)6/h8H,7H2,1-6H3,(H,15,16). The number of anilines is 1. The molecule has 0 bridgehead atoms. The molecular weight excluding hydrogens is 288 g/mol. The molecule has 2 heterocycles. The van der Waals surface area contributed by atoms with E-state index in [0.29, 0.717) is 0 Å². The molecule has 0 amide bonds. The zero-order chi connectivity index (χ0) is 14.9. The molecule has 0 atom stereocenters. The monoisotopic (exact) mass is 310 g/mol. The Labute approximate surface area is 128 Å². The second-order valence-corrected chi connectivity index (χ2v) is 8.00. The number of hydrogen-bond acceptors (Lipinski definition) is 6. The predicted octanol–water partition coefficient (Wildman–Crippen LogP) is 3.67. The molecular formula is C14H22N4S2. The van der Waals surface area contributed by atoms with E-state index >= 15 is 0 Å². The summed E-state index contributed by atoms with van der Waals surface area (Å²) in [4.78, 5) is 12.8. The highest BCUT2D eigenvalue weighted by atomic mass is 32.1. The predicted molar refractivity (Wildman–Crippen MR) is 88.9 cm³/mol. The maximum atomic E-state index is 4.85. The van der Waals surface area contributed by atoms with Gasteiger partial charge in [0.15, 0.2) is 5.13 Å². The molecule has 0 spiro atoms. The molecule has 0 aromatic carbocycles. The van der Waals surface area contributed by atoms with E-state index < -0.39 is 0 Å². The Morgan fingerprint density at radius 3 is 2.45 bits per heavy atom. The van der Waals surface area contributed by atoms with Gasteiger partial charge in [-0.15, -0.1) is 22.7 Å². The third-order valence-corrected chi connectivity index (χ3v) is 4.71. The number of thiazole rings is 2. The Balaban J connectivity index is 2.46. The minimum absolute atomic E-state index is 0.0276. The molecule has 0 unspecified atom stereocenters. The largest absolute Gasteiger partial charge is 0.365 e. The summed E-state index contributed by atoms with van der Waals surface area (Å²) in [6.07, 6.45) is 0. The number of nitrogens with zero attached hydrogens (tertiary/aromatic N) is 3. The Morgan fingerprint density at radius 2 is 1.95 bits per heavy atom. The van der Waals surface area contributed by atoms with Gasteiger partial charge < -0.3 is 10.2 Å². The van der Waals surface area contributed by atoms with E-state index in [4.69, 9.17) is 4.98 Å². The molecule has 1 N–H and O–H groups in total. The van der Waals surface area contributed by atoms with Crippen molar-refractivity contribution in [2.24, 2.45) is 0 Å². The quantitative estimate of drug-likeness (QED) is 0.935. The summed E-state index contributed by atoms with van der Waals surface area (Å²) >= 11 is 3.39. The molecule has 110 valence electrons. The van der Waals surface area contributed by atoms with Gasteiger partial charge in [0.05, 0.1) is 16.3 Å². The number of hydrogen-bond donors (Lipinski definition) is 1. The molecule has 2 rings (SSSR count). The summed E-state index contributed by atoms with van der Waals surface area (Å²) in [5.74, 6) is 0. The van der Waals surface area contributed by atoms with Crippen LogP contribution in [0.25, 0.3) is 10.6 Å². The van der Waals surface area contributed by atoms with E-state index in [1.807, 2.05) is 7.05 Å². The van der Waals surface area contributed by atoms with Crippen molar-refractivity contribution in [3.05, 3.63) is 16.1 Å². The van der Waals surface area contributed by atoms with Crippen LogP contribution < -0.4 is 5.32 Å². The van der Waals surface area contributed by atoms with Gasteiger partial charge in [0.1, 0.15) is 5.01 Å². The highest BCUT2D eigenvalue weighted by molar-refractivity contribution is 7.16. The van der Waals surface area contributed by atoms with Gasteiger partial charge in [0.25, 0.3) is 0 Å². The molecule has 0 saturated carbocycles. The van der Waals surface area contributed by atoms with Crippen LogP contribution in [0.2, 0.25) is 0 Å². The van der Waals surface area contributed by atoms with Crippen molar-refractivity contribution < 1.29 is 0 Å². The van der Waals surface area contributed by atoms with Crippen LogP contribution in [0, 0.1) is 0 Å². The fourth-order valence-electron chi connectivity index (χ4n) is 1.88. The van der Waals surface area contributed by atoms with E-state index in [1.165, 1.54) is 4.88 Å². The third kappa shape index (κ3) is 3.37. The molecule has 0 saturated heterocycles. The van der Waals surface area contributed by atoms with Crippen molar-refractivity contribution in [2.45, 2.75) is 32.7 Å². The van der Waals surface area contributed by atoms with Crippen molar-refractivity contribution in [2.75, 3.05) is 26.5 Å². The maximum absolute atomic E-state index is 4.85. The third-order valence-electron chi connectivity index (χ3n) is 2.78. The summed E-state index contributed by atoms with van der Waals surface area (Å²) in [6, 6.07) is 0. The van der Waals surface area contributed by atoms with E-state index in [0.717, 1.165) is 28.1 Å². The lowest BCUT2D eigenvalue weighted by Gasteiger charge is -2.17. The van der Waals surface area contributed by atoms with Crippen molar-refractivity contribution in [1.82, 2.24) is 14.9 Å². The van der Waals surface area contributed by atoms with E-state index in [2.05, 4.69) is 55.4 Å². The first kappa shape index (κ1) is 15.4.